The molecule has 0 spiro atoms. The van der Waals surface area contributed by atoms with Crippen LogP contribution in [0.1, 0.15) is 37.3 Å². The van der Waals surface area contributed by atoms with E-state index in [-0.39, 0.29) is 17.9 Å². The molecule has 2 heterocycles. The van der Waals surface area contributed by atoms with E-state index in [9.17, 15) is 9.18 Å². The predicted molar refractivity (Wildman–Crippen MR) is 93.1 cm³/mol. The molecule has 2 aliphatic heterocycles. The fraction of sp³-hybridized carbons (Fsp3) is 0.500. The molecule has 2 amide bonds. The van der Waals surface area contributed by atoms with E-state index < -0.39 is 0 Å². The second-order valence-corrected chi connectivity index (χ2v) is 7.11. The Bertz CT molecular complexity index is 737. The molecule has 3 aliphatic rings. The minimum atomic E-state index is -0.272. The number of rotatable bonds is 3. The van der Waals surface area contributed by atoms with Gasteiger partial charge in [0.15, 0.2) is 0 Å². The summed E-state index contributed by atoms with van der Waals surface area (Å²) in [5, 5.41) is 1.04. The van der Waals surface area contributed by atoms with Gasteiger partial charge < -0.3 is 4.90 Å². The van der Waals surface area contributed by atoms with Gasteiger partial charge in [0, 0.05) is 24.7 Å². The van der Waals surface area contributed by atoms with Crippen LogP contribution in [0, 0.1) is 18.7 Å². The van der Waals surface area contributed by atoms with E-state index in [1.165, 1.54) is 6.07 Å². The lowest BCUT2D eigenvalue weighted by Crippen LogP contribution is -2.51. The normalized spacial score (nSPS) is 21.2. The van der Waals surface area contributed by atoms with Gasteiger partial charge in [0.1, 0.15) is 5.82 Å². The van der Waals surface area contributed by atoms with Crippen molar-refractivity contribution in [3.8, 4) is 0 Å². The minimum Gasteiger partial charge on any atom is -0.368 e. The second-order valence-electron chi connectivity index (χ2n) is 7.11. The summed E-state index contributed by atoms with van der Waals surface area (Å²) >= 11 is 0. The monoisotopic (exact) mass is 330 g/mol. The number of carbonyl (C=O) groups excluding carboxylic acids is 1. The maximum atomic E-state index is 14.8. The maximum absolute atomic E-state index is 14.8. The highest BCUT2D eigenvalue weighted by molar-refractivity contribution is 6.06. The molecule has 1 saturated carbocycles. The topological polar surface area (TPSA) is 52.8 Å². The Labute approximate surface area is 141 Å². The van der Waals surface area contributed by atoms with Crippen molar-refractivity contribution in [2.45, 2.75) is 39.2 Å². The zero-order valence-corrected chi connectivity index (χ0v) is 14.2. The van der Waals surface area contributed by atoms with E-state index in [4.69, 9.17) is 5.84 Å². The smallest absolute Gasteiger partial charge is 0.343 e. The summed E-state index contributed by atoms with van der Waals surface area (Å²) in [6.07, 6.45) is 3.02. The maximum Gasteiger partial charge on any atom is 0.343 e. The molecule has 2 N–H and O–H groups in total. The summed E-state index contributed by atoms with van der Waals surface area (Å²) in [5.74, 6) is 6.23. The largest absolute Gasteiger partial charge is 0.368 e. The summed E-state index contributed by atoms with van der Waals surface area (Å²) in [4.78, 5) is 16.4. The average molecular weight is 330 g/mol. The SMILES string of the molecule is C=C1c2cc(F)c(N3CC(CC)C3)c(C)c2N(C2CC2)C(=O)N1N. The molecule has 0 atom stereocenters. The van der Waals surface area contributed by atoms with Gasteiger partial charge in [-0.05, 0) is 43.7 Å². The first-order valence-electron chi connectivity index (χ1n) is 8.59. The molecule has 1 aliphatic carbocycles. The summed E-state index contributed by atoms with van der Waals surface area (Å²) in [7, 11) is 0. The van der Waals surface area contributed by atoms with Crippen LogP contribution in [0.5, 0.6) is 0 Å². The summed E-state index contributed by atoms with van der Waals surface area (Å²) in [5.41, 5.74) is 3.19. The lowest BCUT2D eigenvalue weighted by Gasteiger charge is -2.44. The molecule has 4 rings (SSSR count). The van der Waals surface area contributed by atoms with Gasteiger partial charge in [-0.2, -0.15) is 0 Å². The molecule has 5 nitrogen and oxygen atoms in total. The van der Waals surface area contributed by atoms with E-state index in [2.05, 4.69) is 18.4 Å². The third-order valence-corrected chi connectivity index (χ3v) is 5.48. The molecule has 2 fully saturated rings. The molecular formula is C18H23FN4O. The van der Waals surface area contributed by atoms with Gasteiger partial charge in [0.25, 0.3) is 0 Å². The molecular weight excluding hydrogens is 307 g/mol. The number of urea groups is 1. The molecule has 1 aromatic carbocycles. The van der Waals surface area contributed by atoms with E-state index in [0.29, 0.717) is 22.9 Å². The van der Waals surface area contributed by atoms with Gasteiger partial charge in [-0.25, -0.2) is 20.0 Å². The van der Waals surface area contributed by atoms with Crippen LogP contribution in [0.25, 0.3) is 5.70 Å². The van der Waals surface area contributed by atoms with Crippen LogP contribution in [0.2, 0.25) is 0 Å². The van der Waals surface area contributed by atoms with Crippen LogP contribution >= 0.6 is 0 Å². The number of carbonyl (C=O) groups is 1. The Hall–Kier alpha value is -2.08. The number of halogens is 1. The Kier molecular flexibility index (Phi) is 3.35. The van der Waals surface area contributed by atoms with Gasteiger partial charge in [0.05, 0.1) is 17.1 Å². The van der Waals surface area contributed by atoms with Crippen molar-refractivity contribution < 1.29 is 9.18 Å². The van der Waals surface area contributed by atoms with Gasteiger partial charge in [0.2, 0.25) is 0 Å². The fourth-order valence-corrected chi connectivity index (χ4v) is 3.81. The van der Waals surface area contributed by atoms with Crippen molar-refractivity contribution in [3.05, 3.63) is 29.6 Å². The summed E-state index contributed by atoms with van der Waals surface area (Å²) in [6, 6.07) is 1.37. The third-order valence-electron chi connectivity index (χ3n) is 5.48. The van der Waals surface area contributed by atoms with Crippen LogP contribution in [0.4, 0.5) is 20.6 Å². The minimum absolute atomic E-state index is 0.159. The first kappa shape index (κ1) is 15.4. The summed E-state index contributed by atoms with van der Waals surface area (Å²) in [6.45, 7) is 9.69. The van der Waals surface area contributed by atoms with E-state index in [1.54, 1.807) is 4.90 Å². The molecule has 0 radical (unpaired) electrons. The highest BCUT2D eigenvalue weighted by atomic mass is 19.1. The Morgan fingerprint density at radius 2 is 2.00 bits per heavy atom. The number of nitrogens with zero attached hydrogens (tertiary/aromatic N) is 3. The van der Waals surface area contributed by atoms with Gasteiger partial charge in [-0.15, -0.1) is 0 Å². The molecule has 0 aromatic heterocycles. The Morgan fingerprint density at radius 3 is 2.58 bits per heavy atom. The number of hydrogen-bond acceptors (Lipinski definition) is 3. The lowest BCUT2D eigenvalue weighted by molar-refractivity contribution is 0.223. The van der Waals surface area contributed by atoms with Crippen molar-refractivity contribution in [1.82, 2.24) is 5.01 Å². The van der Waals surface area contributed by atoms with E-state index >= 15 is 0 Å². The van der Waals surface area contributed by atoms with E-state index in [1.807, 2.05) is 6.92 Å². The molecule has 0 unspecified atom stereocenters. The fourth-order valence-electron chi connectivity index (χ4n) is 3.81. The van der Waals surface area contributed by atoms with Crippen molar-refractivity contribution >= 4 is 23.1 Å². The van der Waals surface area contributed by atoms with Crippen molar-refractivity contribution in [2.24, 2.45) is 11.8 Å². The number of benzene rings is 1. The van der Waals surface area contributed by atoms with Gasteiger partial charge in [-0.1, -0.05) is 13.5 Å². The van der Waals surface area contributed by atoms with Crippen molar-refractivity contribution in [2.75, 3.05) is 22.9 Å². The molecule has 6 heteroatoms. The van der Waals surface area contributed by atoms with Crippen LogP contribution in [0.15, 0.2) is 12.6 Å². The number of anilines is 2. The predicted octanol–water partition coefficient (Wildman–Crippen LogP) is 3.23. The zero-order chi connectivity index (χ0) is 17.2. The molecule has 0 bridgehead atoms. The molecule has 128 valence electrons. The van der Waals surface area contributed by atoms with Crippen LogP contribution in [0.3, 0.4) is 0 Å². The highest BCUT2D eigenvalue weighted by Gasteiger charge is 2.43. The highest BCUT2D eigenvalue weighted by Crippen LogP contribution is 2.47. The third kappa shape index (κ3) is 2.05. The summed E-state index contributed by atoms with van der Waals surface area (Å²) < 4.78 is 14.8. The second kappa shape index (κ2) is 5.21. The van der Waals surface area contributed by atoms with Crippen molar-refractivity contribution in [1.29, 1.82) is 0 Å². The molecule has 24 heavy (non-hydrogen) atoms. The molecule has 1 aromatic rings. The standard InChI is InChI=1S/C18H23FN4O/c1-4-12-8-21(9-12)17-10(2)16-14(7-15(17)19)11(3)23(20)18(24)22(16)13-5-6-13/h7,12-13H,3-6,8-9,20H2,1-2H3. The van der Waals surface area contributed by atoms with Crippen LogP contribution < -0.4 is 15.6 Å². The van der Waals surface area contributed by atoms with Crippen LogP contribution in [-0.4, -0.2) is 30.2 Å². The first-order valence-corrected chi connectivity index (χ1v) is 8.59. The van der Waals surface area contributed by atoms with Crippen LogP contribution in [-0.2, 0) is 0 Å². The molecule has 1 saturated heterocycles. The van der Waals surface area contributed by atoms with E-state index in [0.717, 1.165) is 48.6 Å². The van der Waals surface area contributed by atoms with Gasteiger partial charge in [-0.3, -0.25) is 4.90 Å². The average Bonchev–Trinajstić information content (AvgIpc) is 3.33. The number of hydrogen-bond donors (Lipinski definition) is 1. The Balaban J connectivity index is 1.84. The number of fused-ring (bicyclic) bond motifs is 1. The number of nitrogens with two attached hydrogens (primary N) is 1. The number of amides is 2. The quantitative estimate of drug-likeness (QED) is 0.684. The van der Waals surface area contributed by atoms with Gasteiger partial charge >= 0.3 is 6.03 Å². The first-order chi connectivity index (χ1) is 11.4. The Morgan fingerprint density at radius 1 is 1.33 bits per heavy atom. The lowest BCUT2D eigenvalue weighted by atomic mass is 9.93. The number of hydrazine groups is 1. The van der Waals surface area contributed by atoms with Crippen molar-refractivity contribution in [3.63, 3.8) is 0 Å². The zero-order valence-electron chi connectivity index (χ0n) is 14.2.